The van der Waals surface area contributed by atoms with Crippen LogP contribution in [0.5, 0.6) is 0 Å². The SMILES string of the molecule is CCc1cnc(N2CCc3ncc(Cn4cncn4)n3CC2)nc1. The van der Waals surface area contributed by atoms with Crippen LogP contribution < -0.4 is 4.90 Å². The molecule has 1 aliphatic heterocycles. The van der Waals surface area contributed by atoms with Crippen LogP contribution >= 0.6 is 0 Å². The van der Waals surface area contributed by atoms with Crippen LogP contribution in [0.1, 0.15) is 24.0 Å². The Balaban J connectivity index is 1.50. The first-order chi connectivity index (χ1) is 11.8. The predicted octanol–water partition coefficient (Wildman–Crippen LogP) is 0.938. The standard InChI is InChI=1S/C16H20N8/c1-2-13-7-19-16(20-8-13)22-4-3-15-18-9-14(24(15)6-5-22)10-23-12-17-11-21-23/h7-9,11-12H,2-6,10H2,1H3. The van der Waals surface area contributed by atoms with Gasteiger partial charge in [0.05, 0.1) is 18.4 Å². The number of anilines is 1. The van der Waals surface area contributed by atoms with E-state index in [9.17, 15) is 0 Å². The molecule has 0 N–H and O–H groups in total. The van der Waals surface area contributed by atoms with Crippen molar-refractivity contribution in [1.82, 2.24) is 34.3 Å². The molecule has 0 radical (unpaired) electrons. The van der Waals surface area contributed by atoms with E-state index < -0.39 is 0 Å². The molecule has 8 heteroatoms. The fraction of sp³-hybridized carbons (Fsp3) is 0.438. The van der Waals surface area contributed by atoms with Crippen LogP contribution in [0, 0.1) is 0 Å². The van der Waals surface area contributed by atoms with E-state index in [1.807, 2.05) is 23.3 Å². The second-order valence-electron chi connectivity index (χ2n) is 5.89. The average molecular weight is 324 g/mol. The second-order valence-corrected chi connectivity index (χ2v) is 5.89. The molecule has 0 saturated carbocycles. The zero-order valence-corrected chi connectivity index (χ0v) is 13.7. The Morgan fingerprint density at radius 2 is 1.92 bits per heavy atom. The Bertz CT molecular complexity index is 790. The number of hydrogen-bond donors (Lipinski definition) is 0. The van der Waals surface area contributed by atoms with Crippen LogP contribution in [0.15, 0.2) is 31.2 Å². The second kappa shape index (κ2) is 6.38. The van der Waals surface area contributed by atoms with Gasteiger partial charge in [-0.1, -0.05) is 6.92 Å². The van der Waals surface area contributed by atoms with Crippen LogP contribution in [-0.2, 0) is 25.9 Å². The van der Waals surface area contributed by atoms with E-state index in [1.54, 1.807) is 12.7 Å². The molecule has 124 valence electrons. The van der Waals surface area contributed by atoms with Gasteiger partial charge in [0.2, 0.25) is 5.95 Å². The third-order valence-electron chi connectivity index (χ3n) is 4.39. The molecular formula is C16H20N8. The summed E-state index contributed by atoms with van der Waals surface area (Å²) in [6, 6.07) is 0. The molecule has 0 bridgehead atoms. The maximum atomic E-state index is 4.59. The van der Waals surface area contributed by atoms with Gasteiger partial charge in [0.1, 0.15) is 18.5 Å². The summed E-state index contributed by atoms with van der Waals surface area (Å²) in [5, 5.41) is 4.18. The van der Waals surface area contributed by atoms with Gasteiger partial charge < -0.3 is 9.47 Å². The molecule has 3 aromatic rings. The molecule has 0 aromatic carbocycles. The van der Waals surface area contributed by atoms with Crippen LogP contribution in [-0.4, -0.2) is 47.4 Å². The lowest BCUT2D eigenvalue weighted by Crippen LogP contribution is -2.28. The monoisotopic (exact) mass is 324 g/mol. The molecule has 24 heavy (non-hydrogen) atoms. The van der Waals surface area contributed by atoms with Crippen LogP contribution in [0.2, 0.25) is 0 Å². The average Bonchev–Trinajstić information content (AvgIpc) is 3.21. The molecule has 3 aromatic heterocycles. The van der Waals surface area contributed by atoms with E-state index in [0.717, 1.165) is 55.5 Å². The molecule has 8 nitrogen and oxygen atoms in total. The first kappa shape index (κ1) is 14.8. The molecule has 0 amide bonds. The summed E-state index contributed by atoms with van der Waals surface area (Å²) in [6.07, 6.45) is 10.9. The molecule has 0 saturated heterocycles. The van der Waals surface area contributed by atoms with E-state index in [2.05, 4.69) is 41.4 Å². The van der Waals surface area contributed by atoms with Crippen LogP contribution in [0.25, 0.3) is 0 Å². The Morgan fingerprint density at radius 3 is 2.67 bits per heavy atom. The van der Waals surface area contributed by atoms with Crippen molar-refractivity contribution in [1.29, 1.82) is 0 Å². The Labute approximate surface area is 140 Å². The summed E-state index contributed by atoms with van der Waals surface area (Å²) in [7, 11) is 0. The van der Waals surface area contributed by atoms with Gasteiger partial charge in [0.25, 0.3) is 0 Å². The highest BCUT2D eigenvalue weighted by molar-refractivity contribution is 5.31. The molecule has 4 rings (SSSR count). The van der Waals surface area contributed by atoms with Crippen molar-refractivity contribution >= 4 is 5.95 Å². The number of rotatable bonds is 4. The minimum atomic E-state index is 0.689. The van der Waals surface area contributed by atoms with E-state index in [4.69, 9.17) is 0 Å². The minimum Gasteiger partial charge on any atom is -0.339 e. The molecule has 0 atom stereocenters. The number of aryl methyl sites for hydroxylation is 1. The van der Waals surface area contributed by atoms with Gasteiger partial charge in [-0.05, 0) is 12.0 Å². The Hall–Kier alpha value is -2.77. The summed E-state index contributed by atoms with van der Waals surface area (Å²) in [5.41, 5.74) is 2.32. The quantitative estimate of drug-likeness (QED) is 0.711. The summed E-state index contributed by atoms with van der Waals surface area (Å²) in [6.45, 7) is 5.43. The van der Waals surface area contributed by atoms with Crippen molar-refractivity contribution in [2.75, 3.05) is 18.0 Å². The van der Waals surface area contributed by atoms with Crippen molar-refractivity contribution in [3.05, 3.63) is 48.3 Å². The normalized spacial score (nSPS) is 14.5. The van der Waals surface area contributed by atoms with E-state index in [1.165, 1.54) is 0 Å². The maximum Gasteiger partial charge on any atom is 0.225 e. The lowest BCUT2D eigenvalue weighted by atomic mass is 10.3. The third kappa shape index (κ3) is 2.86. The first-order valence-corrected chi connectivity index (χ1v) is 8.25. The Morgan fingerprint density at radius 1 is 1.04 bits per heavy atom. The summed E-state index contributed by atoms with van der Waals surface area (Å²) >= 11 is 0. The summed E-state index contributed by atoms with van der Waals surface area (Å²) in [5.74, 6) is 1.91. The highest BCUT2D eigenvalue weighted by Crippen LogP contribution is 2.16. The van der Waals surface area contributed by atoms with Gasteiger partial charge in [-0.3, -0.25) is 0 Å². The van der Waals surface area contributed by atoms with Gasteiger partial charge in [-0.25, -0.2) is 24.6 Å². The molecule has 0 fully saturated rings. The summed E-state index contributed by atoms with van der Waals surface area (Å²) in [4.78, 5) is 19.8. The molecular weight excluding hydrogens is 304 g/mol. The number of hydrogen-bond acceptors (Lipinski definition) is 6. The zero-order chi connectivity index (χ0) is 16.4. The maximum absolute atomic E-state index is 4.59. The van der Waals surface area contributed by atoms with Crippen molar-refractivity contribution in [2.45, 2.75) is 32.9 Å². The number of nitrogens with zero attached hydrogens (tertiary/aromatic N) is 8. The molecule has 0 unspecified atom stereocenters. The molecule has 0 aliphatic carbocycles. The Kier molecular flexibility index (Phi) is 3.94. The van der Waals surface area contributed by atoms with E-state index >= 15 is 0 Å². The van der Waals surface area contributed by atoms with E-state index in [0.29, 0.717) is 6.54 Å². The van der Waals surface area contributed by atoms with Gasteiger partial charge >= 0.3 is 0 Å². The number of aromatic nitrogens is 7. The highest BCUT2D eigenvalue weighted by Gasteiger charge is 2.19. The lowest BCUT2D eigenvalue weighted by molar-refractivity contribution is 0.599. The van der Waals surface area contributed by atoms with Crippen LogP contribution in [0.4, 0.5) is 5.95 Å². The zero-order valence-electron chi connectivity index (χ0n) is 13.7. The van der Waals surface area contributed by atoms with Crippen molar-refractivity contribution in [2.24, 2.45) is 0 Å². The molecule has 0 spiro atoms. The largest absolute Gasteiger partial charge is 0.339 e. The first-order valence-electron chi connectivity index (χ1n) is 8.25. The smallest absolute Gasteiger partial charge is 0.225 e. The van der Waals surface area contributed by atoms with Gasteiger partial charge in [0, 0.05) is 38.4 Å². The van der Waals surface area contributed by atoms with E-state index in [-0.39, 0.29) is 0 Å². The summed E-state index contributed by atoms with van der Waals surface area (Å²) < 4.78 is 4.10. The predicted molar refractivity (Wildman–Crippen MR) is 88.7 cm³/mol. The third-order valence-corrected chi connectivity index (χ3v) is 4.39. The van der Waals surface area contributed by atoms with Crippen molar-refractivity contribution < 1.29 is 0 Å². The number of fused-ring (bicyclic) bond motifs is 1. The van der Waals surface area contributed by atoms with Gasteiger partial charge in [-0.15, -0.1) is 0 Å². The highest BCUT2D eigenvalue weighted by atomic mass is 15.3. The van der Waals surface area contributed by atoms with Gasteiger partial charge in [0.15, 0.2) is 0 Å². The minimum absolute atomic E-state index is 0.689. The fourth-order valence-corrected chi connectivity index (χ4v) is 2.99. The van der Waals surface area contributed by atoms with Crippen molar-refractivity contribution in [3.8, 4) is 0 Å². The number of imidazole rings is 1. The van der Waals surface area contributed by atoms with Crippen molar-refractivity contribution in [3.63, 3.8) is 0 Å². The molecule has 1 aliphatic rings. The van der Waals surface area contributed by atoms with Crippen LogP contribution in [0.3, 0.4) is 0 Å². The molecule has 4 heterocycles. The lowest BCUT2D eigenvalue weighted by Gasteiger charge is -2.20. The fourth-order valence-electron chi connectivity index (χ4n) is 2.99. The topological polar surface area (TPSA) is 77.5 Å². The van der Waals surface area contributed by atoms with Gasteiger partial charge in [-0.2, -0.15) is 5.10 Å².